The number of ether oxygens (including phenoxy) is 8. The zero-order chi connectivity index (χ0) is 91.2. The van der Waals surface area contributed by atoms with E-state index in [1.165, 1.54) is 165 Å². The largest absolute Gasteiger partial charge is 0.500 e. The van der Waals surface area contributed by atoms with Gasteiger partial charge in [-0.2, -0.15) is 0 Å². The van der Waals surface area contributed by atoms with Gasteiger partial charge < -0.3 is 47.4 Å². The highest BCUT2D eigenvalue weighted by molar-refractivity contribution is 6.68. The molecule has 638 valence electrons. The molecule has 12 rings (SSSR count). The lowest BCUT2D eigenvalue weighted by atomic mass is 10.0. The number of aromatic nitrogens is 15. The fourth-order valence-electron chi connectivity index (χ4n) is 9.57. The molecule has 49 heteroatoms. The number of benzene rings is 6. The Morgan fingerprint density at radius 2 is 0.839 bits per heavy atom. The van der Waals surface area contributed by atoms with Crippen LogP contribution in [0.2, 0.25) is 30.1 Å². The first-order valence-electron chi connectivity index (χ1n) is 33.6. The quantitative estimate of drug-likeness (QED) is 0.00531. The van der Waals surface area contributed by atoms with Gasteiger partial charge in [-0.3, -0.25) is 38.4 Å². The number of carbonyl (C=O) groups is 13. The maximum atomic E-state index is 12.8. The lowest BCUT2D eigenvalue weighted by Gasteiger charge is -2.09. The van der Waals surface area contributed by atoms with Crippen LogP contribution in [0.1, 0.15) is 125 Å². The number of carbonyl (C=O) groups excluding carboxylic acids is 12. The topological polar surface area (TPSA) is 548 Å². The van der Waals surface area contributed by atoms with Crippen molar-refractivity contribution >= 4 is 164 Å². The maximum absolute atomic E-state index is 12.8. The number of carboxylic acids is 1. The van der Waals surface area contributed by atoms with Crippen LogP contribution in [0.3, 0.4) is 0 Å². The van der Waals surface area contributed by atoms with Gasteiger partial charge in [0.15, 0.2) is 46.8 Å². The molecule has 0 saturated heterocycles. The van der Waals surface area contributed by atoms with Crippen LogP contribution in [0, 0.1) is 0 Å². The predicted molar refractivity (Wildman–Crippen MR) is 433 cm³/mol. The van der Waals surface area contributed by atoms with Crippen LogP contribution in [0.25, 0.3) is 50.2 Å². The van der Waals surface area contributed by atoms with Gasteiger partial charge in [-0.1, -0.05) is 107 Å². The van der Waals surface area contributed by atoms with E-state index in [-0.39, 0.29) is 83.8 Å². The number of ketones is 2. The number of methoxy groups -OCH3 is 6. The van der Waals surface area contributed by atoms with E-state index in [9.17, 15) is 67.1 Å². The van der Waals surface area contributed by atoms with Crippen LogP contribution in [0.5, 0.6) is 5.75 Å². The number of hydrogen-bond acceptors (Lipinski definition) is 34. The highest BCUT2D eigenvalue weighted by Crippen LogP contribution is 2.31. The van der Waals surface area contributed by atoms with E-state index in [0.717, 1.165) is 25.5 Å². The van der Waals surface area contributed by atoms with E-state index in [4.69, 9.17) is 110 Å². The fourth-order valence-corrected chi connectivity index (χ4v) is 10.8. The summed E-state index contributed by atoms with van der Waals surface area (Å²) in [4.78, 5) is 163. The van der Waals surface area contributed by atoms with Crippen molar-refractivity contribution in [3.63, 3.8) is 0 Å². The van der Waals surface area contributed by atoms with E-state index < -0.39 is 82.2 Å². The van der Waals surface area contributed by atoms with Gasteiger partial charge in [-0.15, -0.1) is 25.5 Å². The second-order valence-electron chi connectivity index (χ2n) is 23.2. The van der Waals surface area contributed by atoms with Crippen molar-refractivity contribution < 1.29 is 110 Å². The number of esters is 7. The Balaban J connectivity index is 0.000000208. The summed E-state index contributed by atoms with van der Waals surface area (Å²) in [6.45, 7) is 2.28. The molecule has 42 nitrogen and oxygen atoms in total. The summed E-state index contributed by atoms with van der Waals surface area (Å²) in [5.41, 5.74) is 10.9. The Morgan fingerprint density at radius 1 is 0.476 bits per heavy atom. The third-order valence-electron chi connectivity index (χ3n) is 15.0. The van der Waals surface area contributed by atoms with E-state index >= 15 is 0 Å². The Bertz CT molecular complexity index is 6120. The van der Waals surface area contributed by atoms with Crippen LogP contribution in [0.15, 0.2) is 179 Å². The van der Waals surface area contributed by atoms with Gasteiger partial charge in [0, 0.05) is 82.9 Å². The Labute approximate surface area is 729 Å². The molecule has 6 aromatic heterocycles. The van der Waals surface area contributed by atoms with Gasteiger partial charge in [0.05, 0.1) is 120 Å². The summed E-state index contributed by atoms with van der Waals surface area (Å²) < 4.78 is 48.6. The van der Waals surface area contributed by atoms with Crippen molar-refractivity contribution in [3.8, 4) is 45.5 Å². The molecule has 0 saturated carbocycles. The zero-order valence-corrected chi connectivity index (χ0v) is 69.7. The lowest BCUT2D eigenvalue weighted by molar-refractivity contribution is -0.140. The fraction of sp³-hybridized carbons (Fsp3) is 0.120. The van der Waals surface area contributed by atoms with Gasteiger partial charge in [0.1, 0.15) is 18.3 Å². The molecule has 12 aromatic rings. The molecule has 0 radical (unpaired) electrons. The van der Waals surface area contributed by atoms with Gasteiger partial charge in [0.25, 0.3) is 5.24 Å². The van der Waals surface area contributed by atoms with Crippen LogP contribution in [0.4, 0.5) is 5.69 Å². The number of rotatable bonds is 23. The van der Waals surface area contributed by atoms with Crippen LogP contribution >= 0.6 is 81.2 Å². The van der Waals surface area contributed by atoms with Gasteiger partial charge >= 0.3 is 47.8 Å². The molecule has 6 aromatic carbocycles. The average Bonchev–Trinajstić information content (AvgIpc) is 1.52. The Kier molecular flexibility index (Phi) is 35.6. The minimum atomic E-state index is -1.16. The molecule has 0 aliphatic rings. The number of azide groups is 1. The first-order chi connectivity index (χ1) is 59.1. The second-order valence-corrected chi connectivity index (χ2v) is 26.1. The lowest BCUT2D eigenvalue weighted by Crippen LogP contribution is -2.16. The molecular weight excluding hydrogens is 1790 g/mol. The molecule has 6 heterocycles. The average molecular weight is 1840 g/mol. The zero-order valence-electron chi connectivity index (χ0n) is 64.4. The monoisotopic (exact) mass is 1840 g/mol. The van der Waals surface area contributed by atoms with E-state index in [1.54, 1.807) is 48.5 Å². The van der Waals surface area contributed by atoms with Crippen molar-refractivity contribution in [3.05, 3.63) is 272 Å². The summed E-state index contributed by atoms with van der Waals surface area (Å²) >= 11 is 40.5. The maximum Gasteiger partial charge on any atom is 0.360 e. The molecule has 0 amide bonds. The summed E-state index contributed by atoms with van der Waals surface area (Å²) in [6, 6.07) is 28.3. The van der Waals surface area contributed by atoms with Gasteiger partial charge in [-0.25, -0.2) is 52.2 Å². The number of aldehydes is 2. The predicted octanol–water partition coefficient (Wildman–Crippen LogP) is 12.3. The minimum absolute atomic E-state index is 0.00468. The van der Waals surface area contributed by atoms with E-state index in [0.29, 0.717) is 66.4 Å². The molecule has 124 heavy (non-hydrogen) atoms. The molecule has 0 aliphatic carbocycles. The molecule has 0 spiro atoms. The summed E-state index contributed by atoms with van der Waals surface area (Å²) in [7, 11) is 7.38. The third-order valence-corrected chi connectivity index (χ3v) is 16.6. The number of hydrogen-bond donors (Lipinski definition) is 1. The molecular formula is C75H55Cl7N18O24. The molecule has 1 N–H and O–H groups in total. The summed E-state index contributed by atoms with van der Waals surface area (Å²) in [5.74, 6) is -7.65. The number of halogens is 7. The Morgan fingerprint density at radius 3 is 1.23 bits per heavy atom. The van der Waals surface area contributed by atoms with Crippen molar-refractivity contribution in [1.29, 1.82) is 0 Å². The number of carboxylic acid groups (broad SMARTS) is 1. The number of nitrogens with zero attached hydrogens (tertiary/aromatic N) is 18. The summed E-state index contributed by atoms with van der Waals surface area (Å²) in [5, 5.41) is 51.0. The minimum Gasteiger partial charge on any atom is -0.500 e. The van der Waals surface area contributed by atoms with Crippen molar-refractivity contribution in [2.75, 3.05) is 42.7 Å². The third kappa shape index (κ3) is 26.5. The second kappa shape index (κ2) is 45.9. The van der Waals surface area contributed by atoms with Gasteiger partial charge in [-0.05, 0) is 120 Å². The molecule has 0 unspecified atom stereocenters. The highest BCUT2D eigenvalue weighted by atomic mass is 35.5. The van der Waals surface area contributed by atoms with E-state index in [2.05, 4.69) is 85.3 Å². The first-order valence-corrected chi connectivity index (χ1v) is 36.3. The normalized spacial score (nSPS) is 10.3. The van der Waals surface area contributed by atoms with Crippen LogP contribution < -0.4 is 10.2 Å². The number of aromatic carboxylic acids is 1. The van der Waals surface area contributed by atoms with Crippen molar-refractivity contribution in [2.24, 2.45) is 5.11 Å². The number of Topliss-reactive ketones (excluding diaryl/α,β-unsaturated/α-hetero) is 2. The molecule has 0 aliphatic heterocycles. The SMILES string of the molecule is CO/C=C(\OC(C)=O)C(=O)CC(=O)c1cc(Cl)ccc1-n1cc(C(=O)OC)nn1.COC(=O)c1cn(-c2ccc(Cl)cc2-c2cc(=O)c(OC(C)=O)co2)nn1.COC(=O)c1cn(-c2ccc(Cl)cc2C(=O)Cl)nn1.COC(=O)c1cn(-c2ccc(Cl)cc2C(=O)O)nn1.COC(=O)c1cn(-c2ccc(Cl)cc2C=O)nn1.[N-]=[N+]=Nc1ccc(Cl)cc1C=O. The smallest absolute Gasteiger partial charge is 0.360 e. The molecule has 0 bridgehead atoms. The summed E-state index contributed by atoms with van der Waals surface area (Å²) in [6.07, 6.45) is 9.20. The first kappa shape index (κ1) is 96.1. The van der Waals surface area contributed by atoms with E-state index in [1.807, 2.05) is 0 Å². The molecule has 0 fully saturated rings. The standard InChI is InChI=1S/C18H16ClN3O7.C17H12ClN3O6.C11H7Cl2N3O3.C11H8ClN3O4.C11H8ClN3O3.C7H4ClN3O/c1-10(23)29-17(9-27-2)16(25)7-15(24)12-6-11(19)4-5-14(12)22-8-13(20-21-22)18(26)28-3;1-9(22)27-16-8-26-15(6-14(16)23)11-5-10(18)3-4-13(11)21-7-12(19-20-21)17(24)25-2;1-19-11(18)8-5-16(15-14-8)9-3-2-6(12)4-7(9)10(13)17;1-19-11(18)8-5-15(14-13-8)9-3-2-6(12)4-7(9)10(16)17;1-18-11(17)9-5-15(14-13-9)10-3-2-8(12)4-7(10)6-16;8-6-1-2-7(10-11-9)5(3-6)4-12/h4-6,8-9H,7H2,1-3H3;3-8H,1-2H3;2-5H,1H3;2-5H,1H3,(H,16,17);2-6H,1H3;1-4H/b17-9-;;;;;. The number of allylic oxidation sites excluding steroid dienone is 1. The van der Waals surface area contributed by atoms with Gasteiger partial charge in [0.2, 0.25) is 22.7 Å². The van der Waals surface area contributed by atoms with Crippen LogP contribution in [-0.2, 0) is 47.5 Å². The highest BCUT2D eigenvalue weighted by Gasteiger charge is 2.26. The van der Waals surface area contributed by atoms with Crippen LogP contribution in [-0.4, -0.2) is 200 Å². The van der Waals surface area contributed by atoms with Crippen molar-refractivity contribution in [1.82, 2.24) is 75.0 Å². The van der Waals surface area contributed by atoms with Crippen molar-refractivity contribution in [2.45, 2.75) is 20.3 Å². The molecule has 0 atom stereocenters. The Hall–Kier alpha value is -15.0.